The van der Waals surface area contributed by atoms with Crippen LogP contribution in [0.2, 0.25) is 0 Å². The number of benzene rings is 2. The third-order valence-corrected chi connectivity index (χ3v) is 4.59. The molecule has 0 aliphatic rings. The number of non-ortho nitro benzene ring substituents is 1. The fraction of sp³-hybridized carbons (Fsp3) is 0.300. The first kappa shape index (κ1) is 21.4. The molecule has 7 nitrogen and oxygen atoms in total. The Morgan fingerprint density at radius 2 is 1.71 bits per heavy atom. The minimum atomic E-state index is -0.447. The van der Waals surface area contributed by atoms with Gasteiger partial charge in [0.2, 0.25) is 5.91 Å². The minimum absolute atomic E-state index is 0.0385. The maximum Gasteiger partial charge on any atom is 0.269 e. The molecule has 0 saturated carbocycles. The second kappa shape index (κ2) is 9.36. The van der Waals surface area contributed by atoms with Crippen LogP contribution in [0.1, 0.15) is 36.7 Å². The lowest BCUT2D eigenvalue weighted by Gasteiger charge is -2.21. The summed E-state index contributed by atoms with van der Waals surface area (Å²) < 4.78 is 0. The van der Waals surface area contributed by atoms with Crippen molar-refractivity contribution >= 4 is 35.0 Å². The number of thioether (sulfide) groups is 1. The third kappa shape index (κ3) is 6.70. The summed E-state index contributed by atoms with van der Waals surface area (Å²) in [7, 11) is 0. The van der Waals surface area contributed by atoms with Gasteiger partial charge in [0, 0.05) is 23.4 Å². The average Bonchev–Trinajstić information content (AvgIpc) is 2.61. The molecule has 2 aromatic carbocycles. The summed E-state index contributed by atoms with van der Waals surface area (Å²) in [5, 5.41) is 16.3. The summed E-state index contributed by atoms with van der Waals surface area (Å²) in [5.74, 6) is 0.286. The summed E-state index contributed by atoms with van der Waals surface area (Å²) in [6.45, 7) is 5.67. The molecule has 0 radical (unpaired) electrons. The van der Waals surface area contributed by atoms with Gasteiger partial charge in [0.1, 0.15) is 0 Å². The van der Waals surface area contributed by atoms with Crippen LogP contribution in [0.4, 0.5) is 11.4 Å². The van der Waals surface area contributed by atoms with E-state index in [0.29, 0.717) is 17.0 Å². The van der Waals surface area contributed by atoms with Crippen molar-refractivity contribution < 1.29 is 14.5 Å². The highest BCUT2D eigenvalue weighted by molar-refractivity contribution is 7.99. The van der Waals surface area contributed by atoms with E-state index < -0.39 is 4.92 Å². The lowest BCUT2D eigenvalue weighted by molar-refractivity contribution is -0.384. The summed E-state index contributed by atoms with van der Waals surface area (Å²) in [5.41, 5.74) is 1.43. The Morgan fingerprint density at radius 1 is 1.07 bits per heavy atom. The second-order valence-corrected chi connectivity index (χ2v) is 8.20. The predicted octanol–water partition coefficient (Wildman–Crippen LogP) is 4.00. The van der Waals surface area contributed by atoms with Crippen LogP contribution in [0.15, 0.2) is 48.5 Å². The number of nitro benzene ring substituents is 1. The van der Waals surface area contributed by atoms with Crippen LogP contribution in [0.25, 0.3) is 0 Å². The number of amides is 2. The van der Waals surface area contributed by atoms with Crippen molar-refractivity contribution in [3.8, 4) is 0 Å². The maximum atomic E-state index is 12.4. The van der Waals surface area contributed by atoms with Gasteiger partial charge in [0.15, 0.2) is 0 Å². The number of nitrogens with zero attached hydrogens (tertiary/aromatic N) is 1. The van der Waals surface area contributed by atoms with Crippen molar-refractivity contribution in [2.75, 3.05) is 11.1 Å². The summed E-state index contributed by atoms with van der Waals surface area (Å²) in [4.78, 5) is 34.9. The smallest absolute Gasteiger partial charge is 0.269 e. The van der Waals surface area contributed by atoms with Gasteiger partial charge in [0.25, 0.3) is 11.6 Å². The highest BCUT2D eigenvalue weighted by Crippen LogP contribution is 2.19. The summed E-state index contributed by atoms with van der Waals surface area (Å²) in [6, 6.07) is 13.1. The SMILES string of the molecule is CC(C)(C)NC(=O)c1ccccc1NC(=O)CSCc1ccc([N+](=O)[O-])cc1. The molecule has 0 aromatic heterocycles. The number of carbonyl (C=O) groups excluding carboxylic acids is 2. The quantitative estimate of drug-likeness (QED) is 0.539. The zero-order valence-corrected chi connectivity index (χ0v) is 16.8. The molecule has 8 heteroatoms. The molecule has 2 aromatic rings. The summed E-state index contributed by atoms with van der Waals surface area (Å²) in [6.07, 6.45) is 0. The van der Waals surface area contributed by atoms with Crippen molar-refractivity contribution in [2.24, 2.45) is 0 Å². The zero-order valence-electron chi connectivity index (χ0n) is 16.0. The molecule has 0 unspecified atom stereocenters. The number of para-hydroxylation sites is 1. The first-order valence-electron chi connectivity index (χ1n) is 8.68. The van der Waals surface area contributed by atoms with Crippen LogP contribution < -0.4 is 10.6 Å². The average molecular weight is 401 g/mol. The van der Waals surface area contributed by atoms with E-state index in [4.69, 9.17) is 0 Å². The molecule has 148 valence electrons. The summed E-state index contributed by atoms with van der Waals surface area (Å²) >= 11 is 1.39. The molecule has 28 heavy (non-hydrogen) atoms. The normalized spacial score (nSPS) is 11.0. The van der Waals surface area contributed by atoms with E-state index in [0.717, 1.165) is 5.56 Å². The molecule has 0 bridgehead atoms. The van der Waals surface area contributed by atoms with Gasteiger partial charge in [-0.05, 0) is 38.5 Å². The van der Waals surface area contributed by atoms with Crippen molar-refractivity contribution in [2.45, 2.75) is 32.1 Å². The Labute approximate surface area is 168 Å². The van der Waals surface area contributed by atoms with E-state index in [1.807, 2.05) is 20.8 Å². The Morgan fingerprint density at radius 3 is 2.32 bits per heavy atom. The maximum absolute atomic E-state index is 12.4. The molecule has 0 atom stereocenters. The molecule has 0 spiro atoms. The van der Waals surface area contributed by atoms with E-state index in [1.165, 1.54) is 23.9 Å². The van der Waals surface area contributed by atoms with Gasteiger partial charge < -0.3 is 10.6 Å². The van der Waals surface area contributed by atoms with Gasteiger partial charge in [0.05, 0.1) is 21.9 Å². The van der Waals surface area contributed by atoms with E-state index in [1.54, 1.807) is 36.4 Å². The van der Waals surface area contributed by atoms with E-state index in [-0.39, 0.29) is 28.8 Å². The van der Waals surface area contributed by atoms with Crippen molar-refractivity contribution in [3.63, 3.8) is 0 Å². The van der Waals surface area contributed by atoms with Crippen LogP contribution >= 0.6 is 11.8 Å². The topological polar surface area (TPSA) is 101 Å². The molecule has 2 amide bonds. The zero-order chi connectivity index (χ0) is 20.7. The van der Waals surface area contributed by atoms with Crippen LogP contribution in [-0.2, 0) is 10.5 Å². The fourth-order valence-corrected chi connectivity index (χ4v) is 3.15. The molecule has 0 saturated heterocycles. The number of rotatable bonds is 7. The van der Waals surface area contributed by atoms with Crippen molar-refractivity contribution in [1.82, 2.24) is 5.32 Å². The van der Waals surface area contributed by atoms with Crippen LogP contribution in [0.3, 0.4) is 0 Å². The number of hydrogen-bond donors (Lipinski definition) is 2. The Kier molecular flexibility index (Phi) is 7.17. The largest absolute Gasteiger partial charge is 0.347 e. The second-order valence-electron chi connectivity index (χ2n) is 7.21. The van der Waals surface area contributed by atoms with Crippen LogP contribution in [0.5, 0.6) is 0 Å². The third-order valence-electron chi connectivity index (χ3n) is 3.58. The molecule has 0 fully saturated rings. The monoisotopic (exact) mass is 401 g/mol. The van der Waals surface area contributed by atoms with Crippen LogP contribution in [-0.4, -0.2) is 28.0 Å². The van der Waals surface area contributed by atoms with E-state index in [2.05, 4.69) is 10.6 Å². The number of hydrogen-bond acceptors (Lipinski definition) is 5. The highest BCUT2D eigenvalue weighted by atomic mass is 32.2. The van der Waals surface area contributed by atoms with Gasteiger partial charge in [-0.15, -0.1) is 11.8 Å². The number of anilines is 1. The Hall–Kier alpha value is -2.87. The number of nitrogens with one attached hydrogen (secondary N) is 2. The van der Waals surface area contributed by atoms with Gasteiger partial charge in [-0.25, -0.2) is 0 Å². The van der Waals surface area contributed by atoms with E-state index in [9.17, 15) is 19.7 Å². The number of nitro groups is 1. The van der Waals surface area contributed by atoms with Gasteiger partial charge in [-0.1, -0.05) is 24.3 Å². The highest BCUT2D eigenvalue weighted by Gasteiger charge is 2.18. The standard InChI is InChI=1S/C20H23N3O4S/c1-20(2,3)22-19(25)16-6-4-5-7-17(16)21-18(24)13-28-12-14-8-10-15(11-9-14)23(26)27/h4-11H,12-13H2,1-3H3,(H,21,24)(H,22,25). The predicted molar refractivity (Wildman–Crippen MR) is 112 cm³/mol. The lowest BCUT2D eigenvalue weighted by atomic mass is 10.1. The van der Waals surface area contributed by atoms with Gasteiger partial charge >= 0.3 is 0 Å². The number of carbonyl (C=O) groups is 2. The molecular weight excluding hydrogens is 378 g/mol. The molecule has 2 rings (SSSR count). The molecule has 2 N–H and O–H groups in total. The first-order chi connectivity index (χ1) is 13.2. The Bertz CT molecular complexity index is 860. The van der Waals surface area contributed by atoms with Gasteiger partial charge in [-0.3, -0.25) is 19.7 Å². The van der Waals surface area contributed by atoms with Gasteiger partial charge in [-0.2, -0.15) is 0 Å². The molecular formula is C20H23N3O4S. The van der Waals surface area contributed by atoms with E-state index >= 15 is 0 Å². The minimum Gasteiger partial charge on any atom is -0.347 e. The fourth-order valence-electron chi connectivity index (χ4n) is 2.36. The van der Waals surface area contributed by atoms with Crippen molar-refractivity contribution in [1.29, 1.82) is 0 Å². The van der Waals surface area contributed by atoms with Crippen LogP contribution in [0, 0.1) is 10.1 Å². The molecule has 0 aliphatic carbocycles. The molecule has 0 aliphatic heterocycles. The molecule has 0 heterocycles. The van der Waals surface area contributed by atoms with Crippen molar-refractivity contribution in [3.05, 3.63) is 69.8 Å². The first-order valence-corrected chi connectivity index (χ1v) is 9.83. The Balaban J connectivity index is 1.91. The lowest BCUT2D eigenvalue weighted by Crippen LogP contribution is -2.40.